The third-order valence-corrected chi connectivity index (χ3v) is 5.89. The lowest BCUT2D eigenvalue weighted by Crippen LogP contribution is -2.39. The number of ether oxygens (including phenoxy) is 1. The molecule has 1 aromatic carbocycles. The molecule has 0 spiro atoms. The maximum absolute atomic E-state index is 13.0. The molecule has 1 saturated heterocycles. The fourth-order valence-corrected chi connectivity index (χ4v) is 4.20. The number of likely N-dealkylation sites (tertiary alicyclic amines) is 1. The van der Waals surface area contributed by atoms with Gasteiger partial charge < -0.3 is 19.6 Å². The summed E-state index contributed by atoms with van der Waals surface area (Å²) >= 11 is 0. The minimum atomic E-state index is -5.08. The number of carbonyl (C=O) groups excluding carboxylic acids is 1. The summed E-state index contributed by atoms with van der Waals surface area (Å²) in [4.78, 5) is 26.5. The fourth-order valence-electron chi connectivity index (χ4n) is 4.20. The van der Waals surface area contributed by atoms with E-state index >= 15 is 0 Å². The molecule has 0 aliphatic carbocycles. The quantitative estimate of drug-likeness (QED) is 0.705. The molecule has 34 heavy (non-hydrogen) atoms. The van der Waals surface area contributed by atoms with Crippen LogP contribution < -0.4 is 4.74 Å². The highest BCUT2D eigenvalue weighted by atomic mass is 19.4. The molecule has 1 aromatic heterocycles. The van der Waals surface area contributed by atoms with Gasteiger partial charge in [0.05, 0.1) is 25.8 Å². The number of hydrogen-bond acceptors (Lipinski definition) is 5. The van der Waals surface area contributed by atoms with Crippen LogP contribution in [0.15, 0.2) is 36.5 Å². The average molecular weight is 483 g/mol. The van der Waals surface area contributed by atoms with Crippen LogP contribution in [0, 0.1) is 5.92 Å². The molecule has 11 heteroatoms. The van der Waals surface area contributed by atoms with Crippen LogP contribution in [-0.2, 0) is 29.1 Å². The first-order valence-corrected chi connectivity index (χ1v) is 11.1. The molecule has 186 valence electrons. The molecule has 8 nitrogen and oxygen atoms in total. The van der Waals surface area contributed by atoms with Crippen molar-refractivity contribution in [1.29, 1.82) is 0 Å². The molecule has 2 aromatic rings. The number of carboxylic acid groups (broad SMARTS) is 1. The number of aromatic nitrogens is 2. The number of aliphatic carboxylic acids is 1. The van der Waals surface area contributed by atoms with E-state index in [1.54, 1.807) is 7.11 Å². The molecule has 0 saturated carbocycles. The summed E-state index contributed by atoms with van der Waals surface area (Å²) in [6, 6.07) is 9.81. The zero-order chi connectivity index (χ0) is 24.7. The van der Waals surface area contributed by atoms with E-state index in [4.69, 9.17) is 14.6 Å². The highest BCUT2D eigenvalue weighted by Gasteiger charge is 2.38. The Kier molecular flexibility index (Phi) is 8.54. The van der Waals surface area contributed by atoms with Crippen molar-refractivity contribution < 1.29 is 32.6 Å². The first-order chi connectivity index (χ1) is 16.2. The Morgan fingerprint density at radius 2 is 1.76 bits per heavy atom. The van der Waals surface area contributed by atoms with Gasteiger partial charge in [-0.2, -0.15) is 18.3 Å². The third kappa shape index (κ3) is 7.21. The molecule has 1 N–H and O–H groups in total. The van der Waals surface area contributed by atoms with Crippen molar-refractivity contribution in [3.05, 3.63) is 47.8 Å². The van der Waals surface area contributed by atoms with Crippen molar-refractivity contribution in [2.24, 2.45) is 5.92 Å². The van der Waals surface area contributed by atoms with Crippen LogP contribution in [-0.4, -0.2) is 76.0 Å². The van der Waals surface area contributed by atoms with E-state index in [2.05, 4.69) is 14.7 Å². The first-order valence-electron chi connectivity index (χ1n) is 11.1. The monoisotopic (exact) mass is 482 g/mol. The number of halogens is 3. The summed E-state index contributed by atoms with van der Waals surface area (Å²) in [6.07, 6.45) is -0.228. The Balaban J connectivity index is 0.000000406. The zero-order valence-electron chi connectivity index (χ0n) is 19.0. The van der Waals surface area contributed by atoms with Gasteiger partial charge in [0, 0.05) is 31.7 Å². The molecule has 4 rings (SSSR count). The van der Waals surface area contributed by atoms with Gasteiger partial charge >= 0.3 is 12.1 Å². The maximum Gasteiger partial charge on any atom is 0.490 e. The molecule has 1 atom stereocenters. The fraction of sp³-hybridized carbons (Fsp3) is 0.522. The van der Waals surface area contributed by atoms with Gasteiger partial charge in [-0.25, -0.2) is 4.79 Å². The predicted molar refractivity (Wildman–Crippen MR) is 117 cm³/mol. The normalized spacial score (nSPS) is 18.5. The number of methoxy groups -OCH3 is 1. The number of carbonyl (C=O) groups is 2. The van der Waals surface area contributed by atoms with Gasteiger partial charge in [-0.3, -0.25) is 9.48 Å². The number of carboxylic acids is 1. The van der Waals surface area contributed by atoms with Crippen LogP contribution in [0.1, 0.15) is 24.1 Å². The lowest BCUT2D eigenvalue weighted by Gasteiger charge is -2.27. The summed E-state index contributed by atoms with van der Waals surface area (Å²) in [5, 5.41) is 11.6. The summed E-state index contributed by atoms with van der Waals surface area (Å²) in [5.74, 6) is -1.34. The molecule has 2 aliphatic heterocycles. The Hall–Kier alpha value is -3.08. The summed E-state index contributed by atoms with van der Waals surface area (Å²) in [7, 11) is 1.65. The van der Waals surface area contributed by atoms with E-state index in [-0.39, 0.29) is 5.91 Å². The molecular formula is C23H29F3N4O4. The second-order valence-electron chi connectivity index (χ2n) is 8.48. The van der Waals surface area contributed by atoms with E-state index in [0.717, 1.165) is 36.6 Å². The number of fused-ring (bicyclic) bond motifs is 1. The third-order valence-electron chi connectivity index (χ3n) is 5.89. The van der Waals surface area contributed by atoms with Crippen LogP contribution in [0.5, 0.6) is 5.75 Å². The van der Waals surface area contributed by atoms with Crippen LogP contribution in [0.2, 0.25) is 0 Å². The van der Waals surface area contributed by atoms with E-state index in [1.807, 2.05) is 41.4 Å². The molecular weight excluding hydrogens is 453 g/mol. The highest BCUT2D eigenvalue weighted by molar-refractivity contribution is 5.78. The number of amides is 1. The lowest BCUT2D eigenvalue weighted by atomic mass is 10.1. The lowest BCUT2D eigenvalue weighted by molar-refractivity contribution is -0.192. The first kappa shape index (κ1) is 25.5. The molecule has 1 fully saturated rings. The summed E-state index contributed by atoms with van der Waals surface area (Å²) in [5.41, 5.74) is 2.15. The molecule has 0 radical (unpaired) electrons. The smallest absolute Gasteiger partial charge is 0.490 e. The number of hydrogen-bond donors (Lipinski definition) is 1. The summed E-state index contributed by atoms with van der Waals surface area (Å²) < 4.78 is 39.0. The van der Waals surface area contributed by atoms with Crippen LogP contribution in [0.4, 0.5) is 13.2 Å². The average Bonchev–Trinajstić information content (AvgIpc) is 3.42. The zero-order valence-corrected chi connectivity index (χ0v) is 19.0. The van der Waals surface area contributed by atoms with Gasteiger partial charge in [0.25, 0.3) is 0 Å². The van der Waals surface area contributed by atoms with Crippen molar-refractivity contribution in [2.75, 3.05) is 33.3 Å². The number of rotatable bonds is 5. The Morgan fingerprint density at radius 3 is 2.35 bits per heavy atom. The molecule has 0 bridgehead atoms. The highest BCUT2D eigenvalue weighted by Crippen LogP contribution is 2.20. The molecule has 3 heterocycles. The van der Waals surface area contributed by atoms with Crippen molar-refractivity contribution in [3.63, 3.8) is 0 Å². The minimum absolute atomic E-state index is 0.182. The van der Waals surface area contributed by atoms with Gasteiger partial charge in [0.1, 0.15) is 5.75 Å². The van der Waals surface area contributed by atoms with E-state index in [0.29, 0.717) is 18.9 Å². The van der Waals surface area contributed by atoms with Gasteiger partial charge in [-0.1, -0.05) is 12.1 Å². The van der Waals surface area contributed by atoms with E-state index < -0.39 is 12.1 Å². The van der Waals surface area contributed by atoms with Crippen molar-refractivity contribution in [2.45, 2.75) is 38.5 Å². The molecule has 1 amide bonds. The standard InChI is InChI=1S/C21H28N4O2.C2HF3O2/c1-27-20-6-4-17(5-7-20)12-21(26)24-14-18(13-23-10-2-3-11-23)15-25-19(16-24)8-9-22-25;3-2(4,5)1(6)7/h4-9,18H,2-3,10-16H2,1H3;(H,6,7). The topological polar surface area (TPSA) is 87.9 Å². The van der Waals surface area contributed by atoms with Gasteiger partial charge in [0.2, 0.25) is 5.91 Å². The summed E-state index contributed by atoms with van der Waals surface area (Å²) in [6.45, 7) is 5.75. The van der Waals surface area contributed by atoms with Crippen molar-refractivity contribution >= 4 is 11.9 Å². The largest absolute Gasteiger partial charge is 0.497 e. The van der Waals surface area contributed by atoms with Gasteiger partial charge in [-0.05, 0) is 49.7 Å². The van der Waals surface area contributed by atoms with Crippen LogP contribution >= 0.6 is 0 Å². The number of nitrogens with zero attached hydrogens (tertiary/aromatic N) is 4. The van der Waals surface area contributed by atoms with Gasteiger partial charge in [-0.15, -0.1) is 0 Å². The predicted octanol–water partition coefficient (Wildman–Crippen LogP) is 2.82. The Bertz CT molecular complexity index is 956. The second kappa shape index (κ2) is 11.4. The molecule has 1 unspecified atom stereocenters. The van der Waals surface area contributed by atoms with E-state index in [1.165, 1.54) is 25.9 Å². The van der Waals surface area contributed by atoms with Crippen molar-refractivity contribution in [1.82, 2.24) is 19.6 Å². The SMILES string of the molecule is COc1ccc(CC(=O)N2Cc3ccnn3CC(CN3CCCC3)C2)cc1.O=C(O)C(F)(F)F. The van der Waals surface area contributed by atoms with Crippen LogP contribution in [0.3, 0.4) is 0 Å². The van der Waals surface area contributed by atoms with Crippen molar-refractivity contribution in [3.8, 4) is 5.75 Å². The minimum Gasteiger partial charge on any atom is -0.497 e. The maximum atomic E-state index is 13.0. The second-order valence-corrected chi connectivity index (χ2v) is 8.48. The Labute approximate surface area is 195 Å². The van der Waals surface area contributed by atoms with E-state index in [9.17, 15) is 18.0 Å². The Morgan fingerprint density at radius 1 is 1.12 bits per heavy atom. The van der Waals surface area contributed by atoms with Crippen LogP contribution in [0.25, 0.3) is 0 Å². The number of benzene rings is 1. The van der Waals surface area contributed by atoms with Gasteiger partial charge in [0.15, 0.2) is 0 Å². The molecule has 2 aliphatic rings. The number of alkyl halides is 3.